The number of nitrogens with one attached hydrogen (secondary N) is 4. The highest BCUT2D eigenvalue weighted by atomic mass is 16.5. The van der Waals surface area contributed by atoms with E-state index >= 15 is 0 Å². The summed E-state index contributed by atoms with van der Waals surface area (Å²) in [6.07, 6.45) is 4.37. The van der Waals surface area contributed by atoms with Crippen molar-refractivity contribution in [3.8, 4) is 28.3 Å². The predicted molar refractivity (Wildman–Crippen MR) is 231 cm³/mol. The normalized spacial score (nSPS) is 20.5. The van der Waals surface area contributed by atoms with Crippen molar-refractivity contribution < 1.29 is 33.8 Å². The van der Waals surface area contributed by atoms with Gasteiger partial charge in [-0.3, -0.25) is 23.9 Å². The first-order valence-corrected chi connectivity index (χ1v) is 21.2. The molecule has 3 aromatic carbocycles. The molecule has 18 nitrogen and oxygen atoms in total. The zero-order valence-electron chi connectivity index (χ0n) is 35.7. The van der Waals surface area contributed by atoms with Crippen LogP contribution in [0.5, 0.6) is 5.75 Å². The minimum atomic E-state index is -1.33. The highest BCUT2D eigenvalue weighted by Gasteiger charge is 2.45. The number of hydrogen-bond donors (Lipinski definition) is 5. The summed E-state index contributed by atoms with van der Waals surface area (Å²) in [7, 11) is 1.64. The Bertz CT molecular complexity index is 2400. The SMILES string of the molecule is CN[C@@H](C)C(=O)N[C@H](C(=O)N1C[C@@H]2C[C@H]1C(=O)N[C@@H](Cc1ccccc1)C(=O)N[C@H](C(=O)O)Cc1ccc(cc1)OCCCn1cc(nn1)-c1cccc(c1)-c1cn2nn1)C(C)C. The van der Waals surface area contributed by atoms with Crippen molar-refractivity contribution in [2.24, 2.45) is 5.92 Å². The van der Waals surface area contributed by atoms with Gasteiger partial charge in [0.2, 0.25) is 23.6 Å². The number of carboxylic acids is 1. The first-order valence-electron chi connectivity index (χ1n) is 21.2. The Kier molecular flexibility index (Phi) is 13.9. The van der Waals surface area contributed by atoms with Crippen molar-refractivity contribution in [1.29, 1.82) is 0 Å². The minimum Gasteiger partial charge on any atom is -0.494 e. The van der Waals surface area contributed by atoms with E-state index in [2.05, 4.69) is 41.9 Å². The number of carboxylic acid groups (broad SMARTS) is 1. The lowest BCUT2D eigenvalue weighted by atomic mass is 10.0. The third-order valence-corrected chi connectivity index (χ3v) is 11.5. The van der Waals surface area contributed by atoms with Gasteiger partial charge in [-0.1, -0.05) is 84.9 Å². The lowest BCUT2D eigenvalue weighted by molar-refractivity contribution is -0.144. The number of fused-ring (bicyclic) bond motifs is 11. The number of nitrogens with zero attached hydrogens (tertiary/aromatic N) is 7. The molecule has 6 atom stereocenters. The summed E-state index contributed by atoms with van der Waals surface area (Å²) in [6, 6.07) is 17.9. The van der Waals surface area contributed by atoms with Crippen LogP contribution in [-0.2, 0) is 43.4 Å². The van der Waals surface area contributed by atoms with Crippen LogP contribution in [0.25, 0.3) is 22.5 Å². The fourth-order valence-electron chi connectivity index (χ4n) is 7.74. The second-order valence-electron chi connectivity index (χ2n) is 16.4. The number of rotatable bonds is 8. The molecular formula is C45H53N11O7. The second-order valence-corrected chi connectivity index (χ2v) is 16.4. The molecule has 10 bridgehead atoms. The van der Waals surface area contributed by atoms with Gasteiger partial charge in [0.1, 0.15) is 41.3 Å². The maximum Gasteiger partial charge on any atom is 0.326 e. The molecule has 0 unspecified atom stereocenters. The van der Waals surface area contributed by atoms with Gasteiger partial charge in [0.25, 0.3) is 0 Å². The van der Waals surface area contributed by atoms with Crippen LogP contribution in [0.2, 0.25) is 0 Å². The number of benzene rings is 3. The maximum absolute atomic E-state index is 14.6. The molecule has 1 saturated heterocycles. The zero-order valence-corrected chi connectivity index (χ0v) is 35.7. The van der Waals surface area contributed by atoms with Crippen molar-refractivity contribution in [2.75, 3.05) is 20.2 Å². The first kappa shape index (κ1) is 44.1. The molecule has 330 valence electrons. The van der Waals surface area contributed by atoms with E-state index in [0.717, 1.165) is 16.7 Å². The molecule has 0 spiro atoms. The number of ether oxygens (including phenoxy) is 1. The molecule has 0 saturated carbocycles. The second kappa shape index (κ2) is 19.8. The number of carbonyl (C=O) groups excluding carboxylic acids is 4. The van der Waals surface area contributed by atoms with Gasteiger partial charge in [0.05, 0.1) is 31.1 Å². The molecule has 8 rings (SSSR count). The smallest absolute Gasteiger partial charge is 0.326 e. The predicted octanol–water partition coefficient (Wildman–Crippen LogP) is 2.42. The van der Waals surface area contributed by atoms with Gasteiger partial charge in [-0.2, -0.15) is 0 Å². The van der Waals surface area contributed by atoms with Gasteiger partial charge in [0, 0.05) is 49.9 Å². The third kappa shape index (κ3) is 10.7. The Labute approximate surface area is 364 Å². The Balaban J connectivity index is 1.24. The lowest BCUT2D eigenvalue weighted by Crippen LogP contribution is -2.59. The topological polar surface area (TPSA) is 228 Å². The number of amides is 4. The molecule has 63 heavy (non-hydrogen) atoms. The van der Waals surface area contributed by atoms with Gasteiger partial charge in [-0.15, -0.1) is 10.2 Å². The molecule has 2 aromatic heterocycles. The number of hydrogen-bond acceptors (Lipinski definition) is 11. The monoisotopic (exact) mass is 859 g/mol. The van der Waals surface area contributed by atoms with Crippen LogP contribution in [0.1, 0.15) is 50.8 Å². The number of likely N-dealkylation sites (tertiary alicyclic amines) is 1. The van der Waals surface area contributed by atoms with Crippen LogP contribution < -0.4 is 26.0 Å². The van der Waals surface area contributed by atoms with E-state index in [0.29, 0.717) is 42.3 Å². The Morgan fingerprint density at radius 1 is 0.889 bits per heavy atom. The number of carbonyl (C=O) groups is 5. The van der Waals surface area contributed by atoms with Crippen LogP contribution in [-0.4, -0.2) is 120 Å². The Morgan fingerprint density at radius 2 is 1.60 bits per heavy atom. The fourth-order valence-corrected chi connectivity index (χ4v) is 7.74. The summed E-state index contributed by atoms with van der Waals surface area (Å²) in [6.45, 7) is 6.31. The summed E-state index contributed by atoms with van der Waals surface area (Å²) >= 11 is 0. The molecule has 3 aliphatic rings. The van der Waals surface area contributed by atoms with E-state index in [-0.39, 0.29) is 37.6 Å². The number of aromatic nitrogens is 6. The van der Waals surface area contributed by atoms with E-state index in [9.17, 15) is 29.1 Å². The van der Waals surface area contributed by atoms with Crippen LogP contribution in [0.4, 0.5) is 0 Å². The van der Waals surface area contributed by atoms with Crippen molar-refractivity contribution >= 4 is 29.6 Å². The molecule has 1 fully saturated rings. The zero-order chi connectivity index (χ0) is 44.6. The molecule has 3 aliphatic heterocycles. The quantitative estimate of drug-likeness (QED) is 0.152. The standard InChI is InChI=1S/C45H53N11O7/c1-27(2)40(49-41(57)28(3)46-4)44(60)55-24-33-23-39(55)43(59)47-35(20-29-10-6-5-7-11-29)42(58)48-36(45(61)62)21-30-14-16-34(17-15-30)63-19-9-18-54-25-37(50-52-54)31-12-8-13-32(22-31)38-26-56(33)53-51-38/h5-8,10-17,22,25-28,33,35-36,39-40,46H,9,18-21,23-24H2,1-4H3,(H,47,59)(H,48,58)(H,49,57)(H,61,62)/t28-,33-,35-,36-,39-,40-/m0/s1. The van der Waals surface area contributed by atoms with Crippen LogP contribution >= 0.6 is 0 Å². The molecule has 0 aliphatic carbocycles. The molecule has 0 radical (unpaired) electrons. The van der Waals surface area contributed by atoms with Crippen molar-refractivity contribution in [1.82, 2.24) is 56.2 Å². The summed E-state index contributed by atoms with van der Waals surface area (Å²) in [5.41, 5.74) is 4.18. The number of aryl methyl sites for hydroxylation is 1. The summed E-state index contributed by atoms with van der Waals surface area (Å²) < 4.78 is 9.33. The summed E-state index contributed by atoms with van der Waals surface area (Å²) in [5.74, 6) is -3.19. The molecule has 4 amide bonds. The van der Waals surface area contributed by atoms with Crippen molar-refractivity contribution in [2.45, 2.75) is 89.3 Å². The van der Waals surface area contributed by atoms with Crippen LogP contribution in [0.15, 0.2) is 91.3 Å². The van der Waals surface area contributed by atoms with E-state index < -0.39 is 59.9 Å². The first-order chi connectivity index (χ1) is 30.4. The van der Waals surface area contributed by atoms with Crippen LogP contribution in [0.3, 0.4) is 0 Å². The van der Waals surface area contributed by atoms with Gasteiger partial charge in [-0.25, -0.2) is 9.48 Å². The van der Waals surface area contributed by atoms with Gasteiger partial charge >= 0.3 is 5.97 Å². The summed E-state index contributed by atoms with van der Waals surface area (Å²) in [5, 5.41) is 39.2. The van der Waals surface area contributed by atoms with Gasteiger partial charge in [-0.05, 0) is 49.2 Å². The van der Waals surface area contributed by atoms with E-state index in [4.69, 9.17) is 4.74 Å². The molecule has 5 aromatic rings. The molecule has 18 heteroatoms. The van der Waals surface area contributed by atoms with Crippen LogP contribution in [0, 0.1) is 5.92 Å². The van der Waals surface area contributed by atoms with E-state index in [1.807, 2.05) is 50.4 Å². The molecule has 5 N–H and O–H groups in total. The molecule has 5 heterocycles. The Hall–Kier alpha value is -6.95. The number of likely N-dealkylation sites (N-methyl/N-ethyl adjacent to an activating group) is 1. The average Bonchev–Trinajstić information content (AvgIpc) is 4.07. The molecular weight excluding hydrogens is 807 g/mol. The largest absolute Gasteiger partial charge is 0.494 e. The third-order valence-electron chi connectivity index (χ3n) is 11.5. The lowest BCUT2D eigenvalue weighted by Gasteiger charge is -2.31. The highest BCUT2D eigenvalue weighted by Crippen LogP contribution is 2.31. The van der Waals surface area contributed by atoms with Crippen molar-refractivity contribution in [3.05, 3.63) is 102 Å². The fraction of sp³-hybridized carbons (Fsp3) is 0.400. The maximum atomic E-state index is 14.6. The van der Waals surface area contributed by atoms with E-state index in [1.54, 1.807) is 78.1 Å². The Morgan fingerprint density at radius 3 is 2.30 bits per heavy atom. The summed E-state index contributed by atoms with van der Waals surface area (Å²) in [4.78, 5) is 70.6. The average molecular weight is 860 g/mol. The van der Waals surface area contributed by atoms with Crippen molar-refractivity contribution in [3.63, 3.8) is 0 Å². The van der Waals surface area contributed by atoms with Gasteiger partial charge < -0.3 is 36.0 Å². The van der Waals surface area contributed by atoms with Gasteiger partial charge in [0.15, 0.2) is 0 Å². The van der Waals surface area contributed by atoms with E-state index in [1.165, 1.54) is 4.90 Å². The minimum absolute atomic E-state index is 0.0362. The number of aliphatic carboxylic acids is 1. The highest BCUT2D eigenvalue weighted by molar-refractivity contribution is 5.96.